The molecule has 0 saturated heterocycles. The first-order valence-corrected chi connectivity index (χ1v) is 13.2. The Labute approximate surface area is 203 Å². The number of nitrogens with zero attached hydrogens (tertiary/aromatic N) is 2. The summed E-state index contributed by atoms with van der Waals surface area (Å²) in [6.45, 7) is 4.59. The van der Waals surface area contributed by atoms with Crippen molar-refractivity contribution in [3.05, 3.63) is 36.5 Å². The summed E-state index contributed by atoms with van der Waals surface area (Å²) in [5, 5.41) is 12.8. The van der Waals surface area contributed by atoms with E-state index in [1.54, 1.807) is 20.0 Å². The van der Waals surface area contributed by atoms with E-state index in [2.05, 4.69) is 10.3 Å². The van der Waals surface area contributed by atoms with Crippen LogP contribution in [0.3, 0.4) is 0 Å². The number of thiazole rings is 1. The number of benzene rings is 1. The number of amides is 2. The van der Waals surface area contributed by atoms with E-state index >= 15 is 0 Å². The lowest BCUT2D eigenvalue weighted by molar-refractivity contribution is -0.145. The number of hydrogen-bond donors (Lipinski definition) is 2. The number of nitrogens with one attached hydrogen (secondary N) is 1. The molecule has 1 heterocycles. The van der Waals surface area contributed by atoms with Crippen molar-refractivity contribution in [1.82, 2.24) is 9.88 Å². The molecule has 180 valence electrons. The van der Waals surface area contributed by atoms with Crippen molar-refractivity contribution in [3.8, 4) is 5.75 Å². The maximum Gasteiger partial charge on any atom is 0.323 e. The topological polar surface area (TPSA) is 91.8 Å². The molecule has 2 aromatic rings. The summed E-state index contributed by atoms with van der Waals surface area (Å²) in [4.78, 5) is 30.7. The van der Waals surface area contributed by atoms with Crippen molar-refractivity contribution in [2.45, 2.75) is 62.6 Å². The fraction of sp³-hybridized carbons (Fsp3) is 0.542. The van der Waals surface area contributed by atoms with Crippen molar-refractivity contribution >= 4 is 40.2 Å². The first kappa shape index (κ1) is 25.4. The van der Waals surface area contributed by atoms with Crippen LogP contribution in [-0.2, 0) is 4.79 Å². The van der Waals surface area contributed by atoms with E-state index in [9.17, 15) is 14.7 Å². The van der Waals surface area contributed by atoms with E-state index in [0.717, 1.165) is 42.1 Å². The number of urea groups is 1. The normalized spacial score (nSPS) is 14.6. The van der Waals surface area contributed by atoms with Gasteiger partial charge in [-0.05, 0) is 45.2 Å². The van der Waals surface area contributed by atoms with Gasteiger partial charge in [0.25, 0.3) is 0 Å². The Morgan fingerprint density at radius 2 is 1.97 bits per heavy atom. The maximum atomic E-state index is 13.1. The second kappa shape index (κ2) is 12.3. The molecular formula is C24H33N3O4S2. The van der Waals surface area contributed by atoms with Gasteiger partial charge in [0.05, 0.1) is 22.4 Å². The number of carbonyl (C=O) groups excluding carboxylic acids is 1. The largest absolute Gasteiger partial charge is 0.494 e. The van der Waals surface area contributed by atoms with E-state index in [0.29, 0.717) is 24.0 Å². The minimum Gasteiger partial charge on any atom is -0.494 e. The van der Waals surface area contributed by atoms with Crippen LogP contribution in [0.1, 0.15) is 52.4 Å². The summed E-state index contributed by atoms with van der Waals surface area (Å²) < 4.78 is 6.69. The maximum absolute atomic E-state index is 13.1. The quantitative estimate of drug-likeness (QED) is 0.297. The molecule has 2 N–H and O–H groups in total. The van der Waals surface area contributed by atoms with Crippen LogP contribution in [0.15, 0.2) is 40.7 Å². The van der Waals surface area contributed by atoms with Gasteiger partial charge < -0.3 is 14.7 Å². The Morgan fingerprint density at radius 1 is 1.24 bits per heavy atom. The zero-order valence-corrected chi connectivity index (χ0v) is 20.9. The molecule has 1 aromatic heterocycles. The van der Waals surface area contributed by atoms with Crippen LogP contribution in [0.5, 0.6) is 5.75 Å². The first-order valence-electron chi connectivity index (χ1n) is 11.4. The van der Waals surface area contributed by atoms with Gasteiger partial charge in [-0.1, -0.05) is 48.8 Å². The molecule has 0 radical (unpaired) electrons. The summed E-state index contributed by atoms with van der Waals surface area (Å²) in [7, 11) is 0. The summed E-state index contributed by atoms with van der Waals surface area (Å²) >= 11 is 2.83. The SMILES string of the molecule is CC(C)(CSc1cnc(NC(=O)N(CCCOc2ccccc2)C2CCCCC2)s1)C(=O)O. The van der Waals surface area contributed by atoms with Gasteiger partial charge in [-0.25, -0.2) is 9.78 Å². The van der Waals surface area contributed by atoms with Crippen LogP contribution >= 0.6 is 23.1 Å². The fourth-order valence-electron chi connectivity index (χ4n) is 3.64. The average Bonchev–Trinajstić information content (AvgIpc) is 3.26. The van der Waals surface area contributed by atoms with Crippen LogP contribution in [0.4, 0.5) is 9.93 Å². The van der Waals surface area contributed by atoms with Crippen molar-refractivity contribution in [2.75, 3.05) is 24.2 Å². The number of carbonyl (C=O) groups is 2. The van der Waals surface area contributed by atoms with Crippen LogP contribution in [0.25, 0.3) is 0 Å². The average molecular weight is 492 g/mol. The van der Waals surface area contributed by atoms with Gasteiger partial charge in [-0.15, -0.1) is 11.8 Å². The molecule has 3 rings (SSSR count). The van der Waals surface area contributed by atoms with Crippen molar-refractivity contribution in [1.29, 1.82) is 0 Å². The molecule has 9 heteroatoms. The van der Waals surface area contributed by atoms with Crippen LogP contribution in [0, 0.1) is 5.41 Å². The third-order valence-electron chi connectivity index (χ3n) is 5.68. The van der Waals surface area contributed by atoms with Crippen molar-refractivity contribution in [3.63, 3.8) is 0 Å². The van der Waals surface area contributed by atoms with Gasteiger partial charge in [0.1, 0.15) is 5.75 Å². The van der Waals surface area contributed by atoms with Gasteiger partial charge in [0, 0.05) is 18.3 Å². The summed E-state index contributed by atoms with van der Waals surface area (Å²) in [5.74, 6) is 0.450. The summed E-state index contributed by atoms with van der Waals surface area (Å²) in [6, 6.07) is 9.82. The molecule has 1 aliphatic carbocycles. The first-order chi connectivity index (χ1) is 15.8. The van der Waals surface area contributed by atoms with E-state index in [4.69, 9.17) is 4.74 Å². The Bertz CT molecular complexity index is 898. The van der Waals surface area contributed by atoms with Crippen molar-refractivity contribution < 1.29 is 19.4 Å². The third-order valence-corrected chi connectivity index (χ3v) is 8.25. The molecule has 1 aliphatic rings. The minimum absolute atomic E-state index is 0.127. The van der Waals surface area contributed by atoms with Gasteiger partial charge in [0.2, 0.25) is 0 Å². The number of para-hydroxylation sites is 1. The minimum atomic E-state index is -0.826. The highest BCUT2D eigenvalue weighted by Gasteiger charge is 2.28. The highest BCUT2D eigenvalue weighted by atomic mass is 32.2. The second-order valence-corrected chi connectivity index (χ2v) is 11.2. The number of carboxylic acid groups (broad SMARTS) is 1. The molecule has 0 bridgehead atoms. The smallest absolute Gasteiger partial charge is 0.323 e. The number of aromatic nitrogens is 1. The Kier molecular flexibility index (Phi) is 9.43. The van der Waals surface area contributed by atoms with Gasteiger partial charge in [-0.3, -0.25) is 10.1 Å². The Balaban J connectivity index is 1.54. The summed E-state index contributed by atoms with van der Waals surface area (Å²) in [6.07, 6.45) is 8.01. The number of ether oxygens (including phenoxy) is 1. The molecule has 33 heavy (non-hydrogen) atoms. The molecule has 2 amide bonds. The molecule has 1 saturated carbocycles. The lowest BCUT2D eigenvalue weighted by Crippen LogP contribution is -2.44. The number of thioether (sulfide) groups is 1. The molecule has 7 nitrogen and oxygen atoms in total. The second-order valence-electron chi connectivity index (χ2n) is 8.89. The number of aliphatic carboxylic acids is 1. The predicted molar refractivity (Wildman–Crippen MR) is 133 cm³/mol. The summed E-state index contributed by atoms with van der Waals surface area (Å²) in [5.41, 5.74) is -0.822. The van der Waals surface area contributed by atoms with E-state index in [1.807, 2.05) is 35.2 Å². The predicted octanol–water partition coefficient (Wildman–Crippen LogP) is 5.98. The molecule has 1 fully saturated rings. The molecular weight excluding hydrogens is 458 g/mol. The molecule has 1 aromatic carbocycles. The molecule has 0 atom stereocenters. The van der Waals surface area contributed by atoms with E-state index in [-0.39, 0.29) is 12.1 Å². The van der Waals surface area contributed by atoms with Crippen LogP contribution in [-0.4, -0.2) is 51.9 Å². The number of hydrogen-bond acceptors (Lipinski definition) is 6. The fourth-order valence-corrected chi connectivity index (χ4v) is 5.59. The van der Waals surface area contributed by atoms with Crippen LogP contribution in [0.2, 0.25) is 0 Å². The number of carboxylic acids is 1. The van der Waals surface area contributed by atoms with Crippen LogP contribution < -0.4 is 10.1 Å². The van der Waals surface area contributed by atoms with Crippen molar-refractivity contribution in [2.24, 2.45) is 5.41 Å². The molecule has 0 spiro atoms. The zero-order valence-electron chi connectivity index (χ0n) is 19.3. The number of anilines is 1. The number of rotatable bonds is 11. The van der Waals surface area contributed by atoms with E-state index < -0.39 is 11.4 Å². The monoisotopic (exact) mass is 491 g/mol. The Hall–Kier alpha value is -2.26. The highest BCUT2D eigenvalue weighted by molar-refractivity contribution is 8.01. The lowest BCUT2D eigenvalue weighted by atomic mass is 9.94. The highest BCUT2D eigenvalue weighted by Crippen LogP contribution is 2.33. The van der Waals surface area contributed by atoms with E-state index in [1.165, 1.54) is 29.5 Å². The molecule has 0 unspecified atom stereocenters. The lowest BCUT2D eigenvalue weighted by Gasteiger charge is -2.34. The zero-order chi connectivity index (χ0) is 23.7. The van der Waals surface area contributed by atoms with Gasteiger partial charge in [0.15, 0.2) is 5.13 Å². The Morgan fingerprint density at radius 3 is 2.67 bits per heavy atom. The third kappa shape index (κ3) is 7.92. The van der Waals surface area contributed by atoms with Gasteiger partial charge >= 0.3 is 12.0 Å². The standard InChI is InChI=1S/C24H33N3O4S2/c1-24(2,21(28)29)17-32-20-16-25-22(33-20)26-23(30)27(18-10-5-3-6-11-18)14-9-15-31-19-12-7-4-8-13-19/h4,7-8,12-13,16,18H,3,5-6,9-11,14-15,17H2,1-2H3,(H,28,29)(H,25,26,30). The van der Waals surface area contributed by atoms with Gasteiger partial charge in [-0.2, -0.15) is 0 Å². The molecule has 0 aliphatic heterocycles.